The van der Waals surface area contributed by atoms with Crippen LogP contribution in [-0.2, 0) is 6.42 Å². The summed E-state index contributed by atoms with van der Waals surface area (Å²) in [5, 5.41) is 0.182. The molecule has 0 saturated carbocycles. The predicted molar refractivity (Wildman–Crippen MR) is 53.3 cm³/mol. The zero-order valence-corrected chi connectivity index (χ0v) is 8.31. The van der Waals surface area contributed by atoms with Gasteiger partial charge in [0.2, 0.25) is 0 Å². The standard InChI is InChI=1S/C10H13ClFN/c1-7(6-13)5-8-3-2-4-9(11)10(8)12/h2-4,7H,5-6,13H2,1H3. The highest BCUT2D eigenvalue weighted by molar-refractivity contribution is 6.30. The molecule has 3 heteroatoms. The predicted octanol–water partition coefficient (Wildman–Crippen LogP) is 2.62. The summed E-state index contributed by atoms with van der Waals surface area (Å²) in [6.45, 7) is 2.55. The fourth-order valence-corrected chi connectivity index (χ4v) is 1.36. The maximum absolute atomic E-state index is 13.3. The van der Waals surface area contributed by atoms with Crippen LogP contribution in [0.1, 0.15) is 12.5 Å². The lowest BCUT2D eigenvalue weighted by molar-refractivity contribution is 0.552. The van der Waals surface area contributed by atoms with Crippen LogP contribution in [0.3, 0.4) is 0 Å². The molecule has 0 aliphatic carbocycles. The molecule has 1 aromatic rings. The van der Waals surface area contributed by atoms with Crippen LogP contribution in [0.2, 0.25) is 5.02 Å². The van der Waals surface area contributed by atoms with E-state index in [2.05, 4.69) is 0 Å². The summed E-state index contributed by atoms with van der Waals surface area (Å²) < 4.78 is 13.3. The van der Waals surface area contributed by atoms with Crippen LogP contribution in [0.5, 0.6) is 0 Å². The van der Waals surface area contributed by atoms with Crippen LogP contribution < -0.4 is 5.73 Å². The highest BCUT2D eigenvalue weighted by Crippen LogP contribution is 2.19. The van der Waals surface area contributed by atoms with Gasteiger partial charge in [0.15, 0.2) is 0 Å². The SMILES string of the molecule is CC(CN)Cc1cccc(Cl)c1F. The van der Waals surface area contributed by atoms with Gasteiger partial charge in [-0.1, -0.05) is 30.7 Å². The van der Waals surface area contributed by atoms with Gasteiger partial charge in [-0.3, -0.25) is 0 Å². The summed E-state index contributed by atoms with van der Waals surface area (Å²) in [6.07, 6.45) is 0.642. The van der Waals surface area contributed by atoms with E-state index in [9.17, 15) is 4.39 Å². The van der Waals surface area contributed by atoms with Gasteiger partial charge in [-0.25, -0.2) is 4.39 Å². The summed E-state index contributed by atoms with van der Waals surface area (Å²) in [5.41, 5.74) is 6.10. The van der Waals surface area contributed by atoms with E-state index in [-0.39, 0.29) is 16.8 Å². The third kappa shape index (κ3) is 2.68. The van der Waals surface area contributed by atoms with Crippen molar-refractivity contribution in [2.45, 2.75) is 13.3 Å². The van der Waals surface area contributed by atoms with E-state index in [1.807, 2.05) is 6.92 Å². The van der Waals surface area contributed by atoms with E-state index in [0.717, 1.165) is 0 Å². The quantitative estimate of drug-likeness (QED) is 0.800. The van der Waals surface area contributed by atoms with E-state index >= 15 is 0 Å². The van der Waals surface area contributed by atoms with Crippen LogP contribution in [0.25, 0.3) is 0 Å². The van der Waals surface area contributed by atoms with E-state index in [1.165, 1.54) is 0 Å². The topological polar surface area (TPSA) is 26.0 Å². The molecule has 1 atom stereocenters. The third-order valence-electron chi connectivity index (χ3n) is 2.00. The molecule has 0 aromatic heterocycles. The lowest BCUT2D eigenvalue weighted by Gasteiger charge is -2.09. The average Bonchev–Trinajstić information content (AvgIpc) is 2.13. The van der Waals surface area contributed by atoms with Crippen LogP contribution in [0.15, 0.2) is 18.2 Å². The minimum absolute atomic E-state index is 0.182. The molecule has 0 saturated heterocycles. The Kier molecular flexibility index (Phi) is 3.70. The molecule has 1 aromatic carbocycles. The van der Waals surface area contributed by atoms with Crippen molar-refractivity contribution in [2.75, 3.05) is 6.54 Å². The molecule has 0 radical (unpaired) electrons. The molecule has 0 amide bonds. The van der Waals surface area contributed by atoms with E-state index in [4.69, 9.17) is 17.3 Å². The second-order valence-electron chi connectivity index (χ2n) is 3.26. The number of hydrogen-bond acceptors (Lipinski definition) is 1. The molecule has 13 heavy (non-hydrogen) atoms. The summed E-state index contributed by atoms with van der Waals surface area (Å²) in [4.78, 5) is 0. The lowest BCUT2D eigenvalue weighted by Crippen LogP contribution is -2.13. The van der Waals surface area contributed by atoms with Crippen molar-refractivity contribution in [2.24, 2.45) is 11.7 Å². The van der Waals surface area contributed by atoms with Crippen molar-refractivity contribution in [1.82, 2.24) is 0 Å². The maximum Gasteiger partial charge on any atom is 0.144 e. The molecule has 1 unspecified atom stereocenters. The van der Waals surface area contributed by atoms with Crippen molar-refractivity contribution < 1.29 is 4.39 Å². The Labute approximate surface area is 82.7 Å². The summed E-state index contributed by atoms with van der Waals surface area (Å²) in [5.74, 6) is -0.0302. The highest BCUT2D eigenvalue weighted by atomic mass is 35.5. The van der Waals surface area contributed by atoms with Gasteiger partial charge < -0.3 is 5.73 Å². The Morgan fingerprint density at radius 3 is 2.85 bits per heavy atom. The van der Waals surface area contributed by atoms with Crippen molar-refractivity contribution >= 4 is 11.6 Å². The normalized spacial score (nSPS) is 12.9. The van der Waals surface area contributed by atoms with Crippen molar-refractivity contribution in [3.05, 3.63) is 34.6 Å². The van der Waals surface area contributed by atoms with Gasteiger partial charge in [0.1, 0.15) is 5.82 Å². The van der Waals surface area contributed by atoms with Crippen molar-refractivity contribution in [3.8, 4) is 0 Å². The van der Waals surface area contributed by atoms with E-state index < -0.39 is 0 Å². The Morgan fingerprint density at radius 2 is 2.23 bits per heavy atom. The Morgan fingerprint density at radius 1 is 1.54 bits per heavy atom. The molecule has 2 N–H and O–H groups in total. The molecule has 0 bridgehead atoms. The second-order valence-corrected chi connectivity index (χ2v) is 3.67. The number of halogens is 2. The van der Waals surface area contributed by atoms with Gasteiger partial charge >= 0.3 is 0 Å². The second kappa shape index (κ2) is 4.58. The number of benzene rings is 1. The molecule has 0 heterocycles. The van der Waals surface area contributed by atoms with Gasteiger partial charge in [-0.15, -0.1) is 0 Å². The highest BCUT2D eigenvalue weighted by Gasteiger charge is 2.08. The fraction of sp³-hybridized carbons (Fsp3) is 0.400. The minimum Gasteiger partial charge on any atom is -0.330 e. The summed E-state index contributed by atoms with van der Waals surface area (Å²) in [7, 11) is 0. The van der Waals surface area contributed by atoms with Crippen LogP contribution >= 0.6 is 11.6 Å². The Hall–Kier alpha value is -0.600. The molecular weight excluding hydrogens is 189 g/mol. The van der Waals surface area contributed by atoms with Gasteiger partial charge in [0, 0.05) is 0 Å². The van der Waals surface area contributed by atoms with Crippen LogP contribution in [-0.4, -0.2) is 6.54 Å². The van der Waals surface area contributed by atoms with Crippen molar-refractivity contribution in [3.63, 3.8) is 0 Å². The molecule has 1 rings (SSSR count). The van der Waals surface area contributed by atoms with Crippen LogP contribution in [0, 0.1) is 11.7 Å². The van der Waals surface area contributed by atoms with Gasteiger partial charge in [0.05, 0.1) is 5.02 Å². The molecule has 0 aliphatic rings. The number of nitrogens with two attached hydrogens (primary N) is 1. The van der Waals surface area contributed by atoms with Gasteiger partial charge in [-0.05, 0) is 30.5 Å². The molecule has 0 aliphatic heterocycles. The molecule has 72 valence electrons. The van der Waals surface area contributed by atoms with Crippen LogP contribution in [0.4, 0.5) is 4.39 Å². The summed E-state index contributed by atoms with van der Waals surface area (Å²) in [6, 6.07) is 5.05. The zero-order valence-electron chi connectivity index (χ0n) is 7.56. The Bertz CT molecular complexity index is 288. The third-order valence-corrected chi connectivity index (χ3v) is 2.29. The first-order valence-electron chi connectivity index (χ1n) is 4.28. The maximum atomic E-state index is 13.3. The molecule has 1 nitrogen and oxygen atoms in total. The zero-order chi connectivity index (χ0) is 9.84. The Balaban J connectivity index is 2.83. The summed E-state index contributed by atoms with van der Waals surface area (Å²) >= 11 is 5.63. The average molecular weight is 202 g/mol. The minimum atomic E-state index is -0.315. The van der Waals surface area contributed by atoms with E-state index in [1.54, 1.807) is 18.2 Å². The molecular formula is C10H13ClFN. The molecule has 0 spiro atoms. The molecule has 0 fully saturated rings. The van der Waals surface area contributed by atoms with Crippen molar-refractivity contribution in [1.29, 1.82) is 0 Å². The first-order chi connectivity index (χ1) is 6.15. The smallest absolute Gasteiger partial charge is 0.144 e. The van der Waals surface area contributed by atoms with Gasteiger partial charge in [-0.2, -0.15) is 0 Å². The first kappa shape index (κ1) is 10.5. The lowest BCUT2D eigenvalue weighted by atomic mass is 10.0. The monoisotopic (exact) mass is 201 g/mol. The number of rotatable bonds is 3. The van der Waals surface area contributed by atoms with E-state index in [0.29, 0.717) is 18.5 Å². The fourth-order valence-electron chi connectivity index (χ4n) is 1.16. The first-order valence-corrected chi connectivity index (χ1v) is 4.66. The van der Waals surface area contributed by atoms with Gasteiger partial charge in [0.25, 0.3) is 0 Å². The number of hydrogen-bond donors (Lipinski definition) is 1. The largest absolute Gasteiger partial charge is 0.330 e.